The summed E-state index contributed by atoms with van der Waals surface area (Å²) < 4.78 is 5.65. The second-order valence-electron chi connectivity index (χ2n) is 9.43. The zero-order valence-electron chi connectivity index (χ0n) is 14.3. The Bertz CT molecular complexity index is 604. The van der Waals surface area contributed by atoms with E-state index in [0.717, 1.165) is 38.5 Å². The molecule has 5 aliphatic rings. The topological polar surface area (TPSA) is 49.8 Å². The Morgan fingerprint density at radius 1 is 1.17 bits per heavy atom. The fourth-order valence-corrected chi connectivity index (χ4v) is 6.92. The number of carbonyl (C=O) groups excluding carboxylic acids is 1. The number of aliphatic hydroxyl groups excluding tert-OH is 1. The smallest absolute Gasteiger partial charge is 0.173 e. The molecule has 1 heterocycles. The van der Waals surface area contributed by atoms with Crippen LogP contribution in [0.5, 0.6) is 0 Å². The number of hydrogen-bond acceptors (Lipinski definition) is 3. The molecule has 1 N–H and O–H groups in total. The lowest BCUT2D eigenvalue weighted by molar-refractivity contribution is -0.135. The summed E-state index contributed by atoms with van der Waals surface area (Å²) in [5.74, 6) is 2.23. The van der Waals surface area contributed by atoms with E-state index in [4.69, 9.17) is 4.74 Å². The van der Waals surface area contributed by atoms with Gasteiger partial charge in [-0.1, -0.05) is 25.5 Å². The first-order valence-electron chi connectivity index (χ1n) is 9.46. The Labute approximate surface area is 138 Å². The lowest BCUT2D eigenvalue weighted by Gasteiger charge is -2.56. The zero-order chi connectivity index (χ0) is 16.0. The van der Waals surface area contributed by atoms with Crippen molar-refractivity contribution in [3.8, 4) is 0 Å². The minimum absolute atomic E-state index is 0.143. The predicted molar refractivity (Wildman–Crippen MR) is 86.8 cm³/mol. The monoisotopic (exact) mass is 316 g/mol. The van der Waals surface area contributed by atoms with Crippen LogP contribution in [-0.2, 0) is 9.53 Å². The number of aliphatic hydroxyl groups is 1. The molecule has 1 spiro atoms. The molecule has 0 amide bonds. The molecule has 0 bridgehead atoms. The number of hydrogen-bond donors (Lipinski definition) is 1. The van der Waals surface area contributed by atoms with E-state index in [0.29, 0.717) is 30.1 Å². The highest BCUT2D eigenvalue weighted by Gasteiger charge is 2.70. The van der Waals surface area contributed by atoms with Gasteiger partial charge in [-0.2, -0.15) is 0 Å². The van der Waals surface area contributed by atoms with Crippen LogP contribution in [0.2, 0.25) is 0 Å². The van der Waals surface area contributed by atoms with Gasteiger partial charge in [-0.15, -0.1) is 0 Å². The van der Waals surface area contributed by atoms with Crippen molar-refractivity contribution in [2.75, 3.05) is 6.61 Å². The molecule has 0 aromatic carbocycles. The normalized spacial score (nSPS) is 57.5. The second kappa shape index (κ2) is 4.29. The Kier molecular flexibility index (Phi) is 2.73. The highest BCUT2D eigenvalue weighted by atomic mass is 16.6. The highest BCUT2D eigenvalue weighted by molar-refractivity contribution is 5.97. The molecule has 0 radical (unpaired) electrons. The summed E-state index contributed by atoms with van der Waals surface area (Å²) in [4.78, 5) is 13.0. The van der Waals surface area contributed by atoms with Gasteiger partial charge >= 0.3 is 0 Å². The Morgan fingerprint density at radius 3 is 2.65 bits per heavy atom. The van der Waals surface area contributed by atoms with Crippen molar-refractivity contribution in [1.29, 1.82) is 0 Å². The molecule has 3 heteroatoms. The van der Waals surface area contributed by atoms with E-state index < -0.39 is 0 Å². The number of ether oxygens (including phenoxy) is 1. The molecule has 0 aromatic rings. The summed E-state index contributed by atoms with van der Waals surface area (Å²) in [6.07, 6.45) is 9.47. The van der Waals surface area contributed by atoms with Crippen molar-refractivity contribution in [2.24, 2.45) is 28.6 Å². The van der Waals surface area contributed by atoms with E-state index in [-0.39, 0.29) is 22.5 Å². The van der Waals surface area contributed by atoms with E-state index in [1.54, 1.807) is 0 Å². The van der Waals surface area contributed by atoms with Gasteiger partial charge in [-0.3, -0.25) is 4.79 Å². The largest absolute Gasteiger partial charge is 0.393 e. The number of allylic oxidation sites excluding steroid dienone is 1. The first-order chi connectivity index (χ1) is 10.9. The van der Waals surface area contributed by atoms with Gasteiger partial charge in [-0.25, -0.2) is 0 Å². The van der Waals surface area contributed by atoms with Gasteiger partial charge in [0.15, 0.2) is 11.4 Å². The summed E-state index contributed by atoms with van der Waals surface area (Å²) in [6, 6.07) is 0. The van der Waals surface area contributed by atoms with Crippen molar-refractivity contribution in [3.05, 3.63) is 11.6 Å². The van der Waals surface area contributed by atoms with Crippen molar-refractivity contribution in [2.45, 2.75) is 70.5 Å². The maximum Gasteiger partial charge on any atom is 0.173 e. The molecule has 7 atom stereocenters. The molecule has 0 unspecified atom stereocenters. The molecule has 23 heavy (non-hydrogen) atoms. The van der Waals surface area contributed by atoms with E-state index in [2.05, 4.69) is 19.9 Å². The maximum atomic E-state index is 13.0. The van der Waals surface area contributed by atoms with Gasteiger partial charge in [0.2, 0.25) is 0 Å². The maximum absolute atomic E-state index is 13.0. The van der Waals surface area contributed by atoms with E-state index >= 15 is 0 Å². The number of epoxide rings is 1. The van der Waals surface area contributed by atoms with Crippen molar-refractivity contribution in [3.63, 3.8) is 0 Å². The summed E-state index contributed by atoms with van der Waals surface area (Å²) in [5, 5.41) is 10.1. The van der Waals surface area contributed by atoms with Crippen LogP contribution in [0.15, 0.2) is 11.6 Å². The fourth-order valence-electron chi connectivity index (χ4n) is 6.92. The van der Waals surface area contributed by atoms with Crippen LogP contribution in [-0.4, -0.2) is 29.2 Å². The lowest BCUT2D eigenvalue weighted by Crippen LogP contribution is -2.50. The average molecular weight is 316 g/mol. The number of ketones is 1. The van der Waals surface area contributed by atoms with Crippen LogP contribution in [0.25, 0.3) is 0 Å². The van der Waals surface area contributed by atoms with Crippen LogP contribution < -0.4 is 0 Å². The van der Waals surface area contributed by atoms with Crippen LogP contribution in [0, 0.1) is 28.6 Å². The molecule has 126 valence electrons. The van der Waals surface area contributed by atoms with Crippen LogP contribution in [0.1, 0.15) is 58.8 Å². The van der Waals surface area contributed by atoms with Gasteiger partial charge < -0.3 is 9.84 Å². The van der Waals surface area contributed by atoms with Gasteiger partial charge in [-0.05, 0) is 68.1 Å². The fraction of sp³-hybridized carbons (Fsp3) is 0.850. The van der Waals surface area contributed by atoms with Gasteiger partial charge in [0.25, 0.3) is 0 Å². The number of carbonyl (C=O) groups is 1. The van der Waals surface area contributed by atoms with Crippen LogP contribution in [0.3, 0.4) is 0 Å². The molecule has 0 aromatic heterocycles. The zero-order valence-corrected chi connectivity index (χ0v) is 14.3. The molecule has 1 saturated heterocycles. The SMILES string of the molecule is C[C@]12CC[C@H](O)CC1=CC[C@@H]1[C@@H]2CC[C@]2(C)C(=O)[C@]3(CO3)C[C@@H]12. The summed E-state index contributed by atoms with van der Waals surface area (Å²) in [7, 11) is 0. The van der Waals surface area contributed by atoms with Crippen LogP contribution >= 0.6 is 0 Å². The molecule has 1 aliphatic heterocycles. The third-order valence-electron chi connectivity index (χ3n) is 8.44. The van der Waals surface area contributed by atoms with Crippen molar-refractivity contribution < 1.29 is 14.6 Å². The van der Waals surface area contributed by atoms with E-state index in [1.807, 2.05) is 0 Å². The Hall–Kier alpha value is -0.670. The second-order valence-corrected chi connectivity index (χ2v) is 9.43. The standard InChI is InChI=1S/C20H28O3/c1-18-7-5-13(21)9-12(18)3-4-14-15(18)6-8-19(2)16(14)10-20(11-23-20)17(19)22/h3,13-16,21H,4-11H2,1-2H3/t13-,14+,15-,16-,18-,19-,20+/m0/s1. The molecule has 4 aliphatic carbocycles. The number of rotatable bonds is 0. The number of Topliss-reactive ketones (excluding diaryl/α,β-unsaturated/α-hetero) is 1. The molecule has 3 saturated carbocycles. The number of fused-ring (bicyclic) bond motifs is 5. The Morgan fingerprint density at radius 2 is 1.91 bits per heavy atom. The highest BCUT2D eigenvalue weighted by Crippen LogP contribution is 2.67. The molecular formula is C20H28O3. The minimum Gasteiger partial charge on any atom is -0.393 e. The lowest BCUT2D eigenvalue weighted by atomic mass is 9.48. The summed E-state index contributed by atoms with van der Waals surface area (Å²) in [5.41, 5.74) is 1.23. The van der Waals surface area contributed by atoms with Crippen molar-refractivity contribution in [1.82, 2.24) is 0 Å². The molecular weight excluding hydrogens is 288 g/mol. The molecule has 5 rings (SSSR count). The summed E-state index contributed by atoms with van der Waals surface area (Å²) in [6.45, 7) is 5.32. The first kappa shape index (κ1) is 14.7. The quantitative estimate of drug-likeness (QED) is 0.551. The Balaban J connectivity index is 1.52. The van der Waals surface area contributed by atoms with E-state index in [1.165, 1.54) is 12.0 Å². The van der Waals surface area contributed by atoms with Gasteiger partial charge in [0, 0.05) is 5.41 Å². The molecule has 3 nitrogen and oxygen atoms in total. The van der Waals surface area contributed by atoms with Gasteiger partial charge in [0.1, 0.15) is 0 Å². The first-order valence-corrected chi connectivity index (χ1v) is 9.46. The van der Waals surface area contributed by atoms with Gasteiger partial charge in [0.05, 0.1) is 12.7 Å². The van der Waals surface area contributed by atoms with Crippen LogP contribution in [0.4, 0.5) is 0 Å². The third kappa shape index (κ3) is 1.71. The predicted octanol–water partition coefficient (Wildman–Crippen LogP) is 3.26. The summed E-state index contributed by atoms with van der Waals surface area (Å²) >= 11 is 0. The van der Waals surface area contributed by atoms with E-state index in [9.17, 15) is 9.90 Å². The minimum atomic E-state index is -0.387. The molecule has 4 fully saturated rings. The average Bonchev–Trinajstić information content (AvgIpc) is 3.26. The third-order valence-corrected chi connectivity index (χ3v) is 8.44. The van der Waals surface area contributed by atoms with Crippen molar-refractivity contribution >= 4 is 5.78 Å².